The number of aryl methyl sites for hydroxylation is 1. The zero-order valence-electron chi connectivity index (χ0n) is 19.4. The number of fused-ring (bicyclic) bond motifs is 3. The van der Waals surface area contributed by atoms with Crippen LogP contribution in [0.5, 0.6) is 5.88 Å². The molecule has 4 heterocycles. The molecule has 11 heteroatoms. The fraction of sp³-hybridized carbons (Fsp3) is 0.500. The number of methoxy groups -OCH3 is 1. The molecule has 0 spiro atoms. The van der Waals surface area contributed by atoms with Gasteiger partial charge in [0.15, 0.2) is 5.82 Å². The van der Waals surface area contributed by atoms with Crippen LogP contribution in [-0.2, 0) is 11.3 Å². The Morgan fingerprint density at radius 3 is 2.60 bits per heavy atom. The lowest BCUT2D eigenvalue weighted by Crippen LogP contribution is -2.48. The van der Waals surface area contributed by atoms with E-state index in [1.807, 2.05) is 6.07 Å². The highest BCUT2D eigenvalue weighted by molar-refractivity contribution is 5.48. The maximum atomic E-state index is 13.9. The van der Waals surface area contributed by atoms with Crippen molar-refractivity contribution in [2.45, 2.75) is 38.0 Å². The topological polar surface area (TPSA) is 90.2 Å². The van der Waals surface area contributed by atoms with E-state index < -0.39 is 17.7 Å². The van der Waals surface area contributed by atoms with Gasteiger partial charge in [-0.1, -0.05) is 0 Å². The summed E-state index contributed by atoms with van der Waals surface area (Å²) in [5, 5.41) is 16.3. The average molecular weight is 484 g/mol. The highest BCUT2D eigenvalue weighted by Crippen LogP contribution is 2.40. The summed E-state index contributed by atoms with van der Waals surface area (Å²) in [6.07, 6.45) is 4.10. The van der Waals surface area contributed by atoms with Gasteiger partial charge >= 0.3 is 0 Å². The van der Waals surface area contributed by atoms with E-state index in [0.717, 1.165) is 44.1 Å². The molecule has 1 aliphatic carbocycles. The summed E-state index contributed by atoms with van der Waals surface area (Å²) in [6, 6.07) is 5.62. The summed E-state index contributed by atoms with van der Waals surface area (Å²) in [5.41, 5.74) is 1.42. The van der Waals surface area contributed by atoms with Crippen molar-refractivity contribution in [2.24, 2.45) is 11.8 Å². The van der Waals surface area contributed by atoms with Crippen LogP contribution >= 0.6 is 0 Å². The Labute approximate surface area is 201 Å². The first-order valence-electron chi connectivity index (χ1n) is 12.0. The van der Waals surface area contributed by atoms with E-state index in [9.17, 15) is 8.78 Å². The van der Waals surface area contributed by atoms with Gasteiger partial charge in [0.25, 0.3) is 0 Å². The maximum absolute atomic E-state index is 13.9. The fourth-order valence-electron chi connectivity index (χ4n) is 5.66. The van der Waals surface area contributed by atoms with Gasteiger partial charge in [0.05, 0.1) is 19.0 Å². The summed E-state index contributed by atoms with van der Waals surface area (Å²) in [7, 11) is 1.59. The van der Waals surface area contributed by atoms with Crippen LogP contribution in [0.2, 0.25) is 0 Å². The molecule has 2 fully saturated rings. The lowest BCUT2D eigenvalue weighted by molar-refractivity contribution is 0.0808. The Morgan fingerprint density at radius 2 is 1.86 bits per heavy atom. The van der Waals surface area contributed by atoms with E-state index in [0.29, 0.717) is 48.2 Å². The van der Waals surface area contributed by atoms with Gasteiger partial charge in [-0.2, -0.15) is 10.1 Å². The molecular formula is C24H27F2N7O2. The van der Waals surface area contributed by atoms with Gasteiger partial charge < -0.3 is 19.7 Å². The van der Waals surface area contributed by atoms with Crippen molar-refractivity contribution in [3.63, 3.8) is 0 Å². The van der Waals surface area contributed by atoms with Crippen LogP contribution < -0.4 is 15.0 Å². The second kappa shape index (κ2) is 9.03. The number of nitrogens with one attached hydrogen (secondary N) is 1. The number of anilines is 2. The number of piperidine rings is 1. The lowest BCUT2D eigenvalue weighted by Gasteiger charge is -2.39. The second-order valence-corrected chi connectivity index (χ2v) is 9.45. The summed E-state index contributed by atoms with van der Waals surface area (Å²) in [4.78, 5) is 7.08. The van der Waals surface area contributed by atoms with Crippen LogP contribution in [0.25, 0.3) is 0 Å². The monoisotopic (exact) mass is 483 g/mol. The van der Waals surface area contributed by atoms with Crippen molar-refractivity contribution in [1.82, 2.24) is 25.0 Å². The predicted molar refractivity (Wildman–Crippen MR) is 123 cm³/mol. The molecule has 0 unspecified atom stereocenters. The van der Waals surface area contributed by atoms with Crippen molar-refractivity contribution in [2.75, 3.05) is 37.0 Å². The molecule has 1 saturated heterocycles. The summed E-state index contributed by atoms with van der Waals surface area (Å²) >= 11 is 0. The van der Waals surface area contributed by atoms with Gasteiger partial charge in [-0.3, -0.25) is 0 Å². The third kappa shape index (κ3) is 4.29. The number of ether oxygens (including phenoxy) is 2. The molecule has 3 aliphatic rings. The smallest absolute Gasteiger partial charge is 0.242 e. The molecule has 9 nitrogen and oxygen atoms in total. The SMILES string of the molecule is COc1cc(N2C[C@H]3CC[C@@H](C2)[C@@H]3Nc2nc3n(n2)CCCO[C@@H]3c2cc(F)cc(F)c2)cnn1. The standard InChI is InChI=1S/C24H27F2N7O2/c1-34-20-10-19(11-27-30-20)32-12-14-3-4-15(13-32)21(14)28-24-29-23-22(35-6-2-5-33(23)31-24)16-7-17(25)9-18(26)8-16/h7-11,14-15,21-22H,2-6,12-13H2,1H3,(H,28,31)/t14-,15+,21-,22-/m1/s1. The van der Waals surface area contributed by atoms with Crippen LogP contribution in [0.4, 0.5) is 20.4 Å². The van der Waals surface area contributed by atoms with Gasteiger partial charge in [0.1, 0.15) is 17.7 Å². The van der Waals surface area contributed by atoms with Crippen molar-refractivity contribution < 1.29 is 18.3 Å². The number of nitrogens with zero attached hydrogens (tertiary/aromatic N) is 6. The van der Waals surface area contributed by atoms with Crippen LogP contribution in [0.1, 0.15) is 36.8 Å². The highest BCUT2D eigenvalue weighted by atomic mass is 19.1. The number of aromatic nitrogens is 5. The Hall–Kier alpha value is -3.34. The summed E-state index contributed by atoms with van der Waals surface area (Å²) < 4.78 is 40.8. The average Bonchev–Trinajstić information content (AvgIpc) is 3.25. The lowest BCUT2D eigenvalue weighted by atomic mass is 9.92. The molecule has 3 aromatic rings. The first-order chi connectivity index (χ1) is 17.1. The Kier molecular flexibility index (Phi) is 5.71. The molecule has 0 amide bonds. The molecule has 35 heavy (non-hydrogen) atoms. The normalized spacial score (nSPS) is 25.7. The van der Waals surface area contributed by atoms with Crippen LogP contribution in [0, 0.1) is 23.5 Å². The predicted octanol–water partition coefficient (Wildman–Crippen LogP) is 3.19. The zero-order valence-corrected chi connectivity index (χ0v) is 19.4. The highest BCUT2D eigenvalue weighted by Gasteiger charge is 2.43. The van der Waals surface area contributed by atoms with E-state index in [4.69, 9.17) is 19.6 Å². The molecule has 184 valence electrons. The van der Waals surface area contributed by atoms with Crippen molar-refractivity contribution in [3.05, 3.63) is 53.5 Å². The molecule has 1 saturated carbocycles. The van der Waals surface area contributed by atoms with Gasteiger partial charge in [-0.25, -0.2) is 13.5 Å². The van der Waals surface area contributed by atoms with Crippen LogP contribution in [0.15, 0.2) is 30.5 Å². The van der Waals surface area contributed by atoms with Crippen molar-refractivity contribution >= 4 is 11.6 Å². The molecule has 2 aromatic heterocycles. The van der Waals surface area contributed by atoms with Gasteiger partial charge in [0.2, 0.25) is 11.8 Å². The van der Waals surface area contributed by atoms with Gasteiger partial charge in [-0.05, 0) is 48.8 Å². The molecule has 2 bridgehead atoms. The first kappa shape index (κ1) is 22.1. The quantitative estimate of drug-likeness (QED) is 0.592. The minimum Gasteiger partial charge on any atom is -0.480 e. The Morgan fingerprint density at radius 1 is 1.09 bits per heavy atom. The van der Waals surface area contributed by atoms with E-state index in [2.05, 4.69) is 20.4 Å². The fourth-order valence-corrected chi connectivity index (χ4v) is 5.66. The number of halogens is 2. The third-order valence-corrected chi connectivity index (χ3v) is 7.24. The number of benzene rings is 1. The molecule has 1 N–H and O–H groups in total. The number of rotatable bonds is 5. The van der Waals surface area contributed by atoms with Crippen molar-refractivity contribution in [1.29, 1.82) is 0 Å². The minimum atomic E-state index is -0.668. The van der Waals surface area contributed by atoms with Crippen LogP contribution in [-0.4, -0.2) is 57.8 Å². The Bertz CT molecular complexity index is 1190. The zero-order chi connectivity index (χ0) is 23.9. The van der Waals surface area contributed by atoms with Gasteiger partial charge in [0, 0.05) is 44.4 Å². The molecule has 6 rings (SSSR count). The van der Waals surface area contributed by atoms with Crippen LogP contribution in [0.3, 0.4) is 0 Å². The summed E-state index contributed by atoms with van der Waals surface area (Å²) in [5.74, 6) is 1.20. The number of hydrogen-bond acceptors (Lipinski definition) is 8. The van der Waals surface area contributed by atoms with E-state index in [-0.39, 0.29) is 6.04 Å². The van der Waals surface area contributed by atoms with E-state index in [1.54, 1.807) is 18.0 Å². The maximum Gasteiger partial charge on any atom is 0.242 e. The third-order valence-electron chi connectivity index (χ3n) is 7.24. The molecule has 0 radical (unpaired) electrons. The molecular weight excluding hydrogens is 456 g/mol. The Balaban J connectivity index is 1.21. The van der Waals surface area contributed by atoms with Gasteiger partial charge in [-0.15, -0.1) is 10.2 Å². The molecule has 1 aromatic carbocycles. The van der Waals surface area contributed by atoms with E-state index in [1.165, 1.54) is 12.1 Å². The largest absolute Gasteiger partial charge is 0.480 e. The van der Waals surface area contributed by atoms with Crippen molar-refractivity contribution in [3.8, 4) is 5.88 Å². The minimum absolute atomic E-state index is 0.251. The first-order valence-corrected chi connectivity index (χ1v) is 12.0. The molecule has 4 atom stereocenters. The second-order valence-electron chi connectivity index (χ2n) is 9.45. The number of hydrogen-bond donors (Lipinski definition) is 1. The van der Waals surface area contributed by atoms with E-state index >= 15 is 0 Å². The molecule has 2 aliphatic heterocycles. The summed E-state index contributed by atoms with van der Waals surface area (Å²) in [6.45, 7) is 2.89.